The Balaban J connectivity index is 2.19. The number of hydrogen-bond donors (Lipinski definition) is 1. The number of carbonyl (C=O) groups is 1. The van der Waals surface area contributed by atoms with Gasteiger partial charge >= 0.3 is 0 Å². The molecule has 0 aromatic carbocycles. The number of H-pyrrole nitrogens is 1. The zero-order chi connectivity index (χ0) is 12.0. The van der Waals surface area contributed by atoms with Gasteiger partial charge in [0.15, 0.2) is 5.78 Å². The number of fused-ring (bicyclic) bond motifs is 3. The molecule has 0 saturated heterocycles. The van der Waals surface area contributed by atoms with E-state index in [1.165, 1.54) is 5.56 Å². The maximum absolute atomic E-state index is 11.8. The summed E-state index contributed by atoms with van der Waals surface area (Å²) >= 11 is 0. The maximum Gasteiger partial charge on any atom is 0.226 e. The van der Waals surface area contributed by atoms with Gasteiger partial charge in [-0.3, -0.25) is 5.10 Å². The first-order chi connectivity index (χ1) is 8.15. The Labute approximate surface area is 99.5 Å². The molecule has 4 nitrogen and oxygen atoms in total. The van der Waals surface area contributed by atoms with E-state index >= 15 is 0 Å². The van der Waals surface area contributed by atoms with Gasteiger partial charge in [0.2, 0.25) is 5.70 Å². The van der Waals surface area contributed by atoms with Crippen LogP contribution >= 0.6 is 0 Å². The van der Waals surface area contributed by atoms with Gasteiger partial charge in [-0.2, -0.15) is 5.10 Å². The van der Waals surface area contributed by atoms with Crippen molar-refractivity contribution in [1.29, 1.82) is 0 Å². The lowest BCUT2D eigenvalue weighted by Crippen LogP contribution is -2.40. The Morgan fingerprint density at radius 3 is 3.24 bits per heavy atom. The van der Waals surface area contributed by atoms with Crippen molar-refractivity contribution in [3.05, 3.63) is 40.6 Å². The highest BCUT2D eigenvalue weighted by Gasteiger charge is 2.44. The standard InChI is InChI=1S/C13H13N3O/c1-13-6-10(14-2)11(17)5-9(13)4-3-8-7-15-16-12(8)13/h6-7,9H,3-5H2,1H3,(H,15,16)/t9-,13-/m0/s1. The van der Waals surface area contributed by atoms with E-state index in [0.717, 1.165) is 18.5 Å². The number of rotatable bonds is 0. The highest BCUT2D eigenvalue weighted by atomic mass is 16.1. The topological polar surface area (TPSA) is 50.1 Å². The van der Waals surface area contributed by atoms with Gasteiger partial charge in [0.1, 0.15) is 0 Å². The zero-order valence-electron chi connectivity index (χ0n) is 9.66. The second-order valence-electron chi connectivity index (χ2n) is 5.06. The van der Waals surface area contributed by atoms with Crippen molar-refractivity contribution in [2.45, 2.75) is 31.6 Å². The summed E-state index contributed by atoms with van der Waals surface area (Å²) in [7, 11) is 0. The van der Waals surface area contributed by atoms with Crippen molar-refractivity contribution in [2.24, 2.45) is 5.92 Å². The maximum atomic E-state index is 11.8. The van der Waals surface area contributed by atoms with E-state index in [9.17, 15) is 4.79 Å². The first kappa shape index (κ1) is 10.3. The number of ketones is 1. The van der Waals surface area contributed by atoms with E-state index in [0.29, 0.717) is 12.3 Å². The van der Waals surface area contributed by atoms with Gasteiger partial charge in [0.05, 0.1) is 12.8 Å². The predicted octanol–water partition coefficient (Wildman–Crippen LogP) is 2.01. The Morgan fingerprint density at radius 1 is 1.65 bits per heavy atom. The number of hydrogen-bond acceptors (Lipinski definition) is 2. The van der Waals surface area contributed by atoms with Crippen LogP contribution in [0, 0.1) is 12.5 Å². The van der Waals surface area contributed by atoms with E-state index in [1.807, 2.05) is 12.3 Å². The van der Waals surface area contributed by atoms with Crippen molar-refractivity contribution in [1.82, 2.24) is 10.2 Å². The molecule has 0 amide bonds. The number of carbonyl (C=O) groups excluding carboxylic acids is 1. The molecule has 2 atom stereocenters. The molecule has 2 aliphatic rings. The Hall–Kier alpha value is -1.89. The van der Waals surface area contributed by atoms with Crippen LogP contribution in [-0.4, -0.2) is 16.0 Å². The smallest absolute Gasteiger partial charge is 0.226 e. The minimum atomic E-state index is -0.224. The monoisotopic (exact) mass is 227 g/mol. The van der Waals surface area contributed by atoms with Crippen LogP contribution in [-0.2, 0) is 16.6 Å². The molecule has 4 heteroatoms. The molecule has 1 aromatic heterocycles. The quantitative estimate of drug-likeness (QED) is 0.689. The molecular weight excluding hydrogens is 214 g/mol. The number of nitrogens with zero attached hydrogens (tertiary/aromatic N) is 2. The van der Waals surface area contributed by atoms with E-state index < -0.39 is 0 Å². The van der Waals surface area contributed by atoms with Gasteiger partial charge in [0.25, 0.3) is 0 Å². The number of aromatic nitrogens is 2. The summed E-state index contributed by atoms with van der Waals surface area (Å²) in [5.41, 5.74) is 2.37. The second-order valence-corrected chi connectivity index (χ2v) is 5.06. The largest absolute Gasteiger partial charge is 0.308 e. The molecule has 0 spiro atoms. The third kappa shape index (κ3) is 1.29. The van der Waals surface area contributed by atoms with Gasteiger partial charge in [0, 0.05) is 17.5 Å². The summed E-state index contributed by atoms with van der Waals surface area (Å²) in [4.78, 5) is 15.1. The first-order valence-electron chi connectivity index (χ1n) is 5.81. The van der Waals surface area contributed by atoms with Crippen LogP contribution in [0.4, 0.5) is 0 Å². The normalized spacial score (nSPS) is 31.2. The average Bonchev–Trinajstić information content (AvgIpc) is 2.79. The molecule has 1 N–H and O–H groups in total. The van der Waals surface area contributed by atoms with Crippen LogP contribution in [0.5, 0.6) is 0 Å². The van der Waals surface area contributed by atoms with Crippen molar-refractivity contribution >= 4 is 5.78 Å². The third-order valence-corrected chi connectivity index (χ3v) is 4.14. The molecular formula is C13H13N3O. The van der Waals surface area contributed by atoms with Crippen molar-refractivity contribution < 1.29 is 4.79 Å². The predicted molar refractivity (Wildman–Crippen MR) is 62.1 cm³/mol. The summed E-state index contributed by atoms with van der Waals surface area (Å²) in [5.74, 6) is 0.291. The van der Waals surface area contributed by atoms with Crippen LogP contribution in [0.2, 0.25) is 0 Å². The van der Waals surface area contributed by atoms with Gasteiger partial charge < -0.3 is 4.79 Å². The van der Waals surface area contributed by atoms with Gasteiger partial charge in [-0.25, -0.2) is 4.85 Å². The molecule has 0 saturated carbocycles. The highest BCUT2D eigenvalue weighted by molar-refractivity contribution is 5.98. The number of Topliss-reactive ketones (excluding diaryl/α,β-unsaturated/α-hetero) is 1. The SMILES string of the molecule is [C-]#[N+]C1=C[C@]2(C)c3[nH]ncc3CC[C@H]2CC1=O. The van der Waals surface area contributed by atoms with Crippen LogP contribution in [0.3, 0.4) is 0 Å². The molecule has 0 fully saturated rings. The van der Waals surface area contributed by atoms with Crippen molar-refractivity contribution in [2.75, 3.05) is 0 Å². The Kier molecular flexibility index (Phi) is 1.99. The highest BCUT2D eigenvalue weighted by Crippen LogP contribution is 2.46. The first-order valence-corrected chi connectivity index (χ1v) is 5.81. The van der Waals surface area contributed by atoms with E-state index in [4.69, 9.17) is 6.57 Å². The summed E-state index contributed by atoms with van der Waals surface area (Å²) in [6.45, 7) is 9.18. The second kappa shape index (κ2) is 3.30. The lowest BCUT2D eigenvalue weighted by atomic mass is 9.62. The number of aryl methyl sites for hydroxylation is 1. The van der Waals surface area contributed by atoms with Crippen molar-refractivity contribution in [3.63, 3.8) is 0 Å². The van der Waals surface area contributed by atoms with Crippen molar-refractivity contribution in [3.8, 4) is 0 Å². The zero-order valence-corrected chi connectivity index (χ0v) is 9.66. The average molecular weight is 227 g/mol. The number of aromatic amines is 1. The minimum Gasteiger partial charge on any atom is -0.308 e. The Bertz CT molecular complexity index is 563. The molecule has 0 bridgehead atoms. The molecule has 17 heavy (non-hydrogen) atoms. The van der Waals surface area contributed by atoms with Gasteiger partial charge in [-0.05, 0) is 24.3 Å². The fraction of sp³-hybridized carbons (Fsp3) is 0.462. The summed E-state index contributed by atoms with van der Waals surface area (Å²) < 4.78 is 0. The lowest BCUT2D eigenvalue weighted by Gasteiger charge is -2.41. The summed E-state index contributed by atoms with van der Waals surface area (Å²) in [6.07, 6.45) is 6.16. The fourth-order valence-electron chi connectivity index (χ4n) is 3.09. The lowest BCUT2D eigenvalue weighted by molar-refractivity contribution is -0.117. The number of nitrogens with one attached hydrogen (secondary N) is 1. The van der Waals surface area contributed by atoms with E-state index in [2.05, 4.69) is 22.0 Å². The van der Waals surface area contributed by atoms with Crippen LogP contribution in [0.25, 0.3) is 4.85 Å². The van der Waals surface area contributed by atoms with Gasteiger partial charge in [-0.1, -0.05) is 13.0 Å². The molecule has 1 aromatic rings. The molecule has 3 rings (SSSR count). The fourth-order valence-corrected chi connectivity index (χ4v) is 3.09. The van der Waals surface area contributed by atoms with E-state index in [1.54, 1.807) is 0 Å². The van der Waals surface area contributed by atoms with E-state index in [-0.39, 0.29) is 16.9 Å². The molecule has 0 unspecified atom stereocenters. The number of allylic oxidation sites excluding steroid dienone is 2. The summed E-state index contributed by atoms with van der Waals surface area (Å²) in [5, 5.41) is 7.14. The molecule has 1 heterocycles. The molecule has 86 valence electrons. The Morgan fingerprint density at radius 2 is 2.47 bits per heavy atom. The molecule has 2 aliphatic carbocycles. The minimum absolute atomic E-state index is 0.00885. The molecule has 0 aliphatic heterocycles. The summed E-state index contributed by atoms with van der Waals surface area (Å²) in [6, 6.07) is 0. The van der Waals surface area contributed by atoms with Crippen LogP contribution in [0.1, 0.15) is 31.0 Å². The van der Waals surface area contributed by atoms with Gasteiger partial charge in [-0.15, -0.1) is 0 Å². The third-order valence-electron chi connectivity index (χ3n) is 4.14. The van der Waals surface area contributed by atoms with Crippen LogP contribution in [0.15, 0.2) is 18.0 Å². The van der Waals surface area contributed by atoms with Crippen LogP contribution < -0.4 is 0 Å². The molecule has 0 radical (unpaired) electrons.